The predicted octanol–water partition coefficient (Wildman–Crippen LogP) is 0.789. The van der Waals surface area contributed by atoms with E-state index in [4.69, 9.17) is 23.9 Å². The molecule has 176 valence electrons. The molecular weight excluding hydrogens is 466 g/mol. The van der Waals surface area contributed by atoms with Crippen LogP contribution >= 0.6 is 11.3 Å². The van der Waals surface area contributed by atoms with Gasteiger partial charge in [-0.25, -0.2) is 4.98 Å². The first-order valence-electron chi connectivity index (χ1n) is 10.8. The zero-order valence-electron chi connectivity index (χ0n) is 18.5. The minimum atomic E-state index is -0.117. The molecule has 3 aromatic rings. The van der Waals surface area contributed by atoms with Crippen LogP contribution in [0.1, 0.15) is 24.2 Å². The van der Waals surface area contributed by atoms with Gasteiger partial charge in [0, 0.05) is 30.8 Å². The molecule has 0 aliphatic carbocycles. The molecule has 0 spiro atoms. The molecule has 5 rings (SSSR count). The summed E-state index contributed by atoms with van der Waals surface area (Å²) >= 11 is 1.47. The molecule has 1 aromatic heterocycles. The van der Waals surface area contributed by atoms with E-state index in [1.807, 2.05) is 12.1 Å². The average Bonchev–Trinajstić information content (AvgIpc) is 3.45. The van der Waals surface area contributed by atoms with Gasteiger partial charge in [-0.2, -0.15) is 0 Å². The molecule has 2 aliphatic heterocycles. The smallest absolute Gasteiger partial charge is 0.260 e. The lowest BCUT2D eigenvalue weighted by Crippen LogP contribution is -3.00. The van der Waals surface area contributed by atoms with Crippen LogP contribution < -0.4 is 36.3 Å². The number of halogens is 1. The number of fused-ring (bicyclic) bond motifs is 3. The lowest BCUT2D eigenvalue weighted by molar-refractivity contribution is -0.0000162. The Bertz CT molecular complexity index is 1110. The maximum Gasteiger partial charge on any atom is 0.260 e. The summed E-state index contributed by atoms with van der Waals surface area (Å²) in [6.07, 6.45) is 0. The Morgan fingerprint density at radius 1 is 0.939 bits per heavy atom. The van der Waals surface area contributed by atoms with Gasteiger partial charge in [-0.15, -0.1) is 0 Å². The van der Waals surface area contributed by atoms with Gasteiger partial charge in [0.25, 0.3) is 5.91 Å². The van der Waals surface area contributed by atoms with Gasteiger partial charge >= 0.3 is 0 Å². The highest BCUT2D eigenvalue weighted by molar-refractivity contribution is 7.22. The van der Waals surface area contributed by atoms with E-state index in [-0.39, 0.29) is 25.1 Å². The topological polar surface area (TPSA) is 73.4 Å². The Morgan fingerprint density at radius 3 is 2.39 bits per heavy atom. The quantitative estimate of drug-likeness (QED) is 0.485. The van der Waals surface area contributed by atoms with Crippen LogP contribution in [-0.4, -0.2) is 62.0 Å². The number of likely N-dealkylation sites (N-methyl/N-ethyl adjacent to an activating group) is 1. The van der Waals surface area contributed by atoms with Gasteiger partial charge in [-0.05, 0) is 31.3 Å². The minimum absolute atomic E-state index is 0. The molecule has 1 amide bonds. The highest BCUT2D eigenvalue weighted by Gasteiger charge is 2.25. The highest BCUT2D eigenvalue weighted by atomic mass is 35.5. The van der Waals surface area contributed by atoms with E-state index in [9.17, 15) is 4.79 Å². The summed E-state index contributed by atoms with van der Waals surface area (Å²) in [6.45, 7) is 8.57. The summed E-state index contributed by atoms with van der Waals surface area (Å²) in [7, 11) is 0. The first-order chi connectivity index (χ1) is 15.7. The second-order valence-corrected chi connectivity index (χ2v) is 8.52. The Kier molecular flexibility index (Phi) is 7.11. The number of carbonyl (C=O) groups is 1. The van der Waals surface area contributed by atoms with Crippen LogP contribution in [0, 0.1) is 0 Å². The van der Waals surface area contributed by atoms with Crippen LogP contribution in [0.2, 0.25) is 0 Å². The van der Waals surface area contributed by atoms with Crippen LogP contribution in [0.4, 0.5) is 5.13 Å². The molecule has 0 saturated carbocycles. The first kappa shape index (κ1) is 23.4. The normalized spacial score (nSPS) is 13.8. The summed E-state index contributed by atoms with van der Waals surface area (Å²) in [6, 6.07) is 9.13. The number of nitrogens with zero attached hydrogens (tertiary/aromatic N) is 3. The molecule has 0 bridgehead atoms. The van der Waals surface area contributed by atoms with Crippen molar-refractivity contribution in [1.82, 2.24) is 9.88 Å². The standard InChI is InChI=1S/C23H25N3O5S.ClH/c1-3-25(4-2)7-8-26(22(27)15-5-6-17-18(11-15)29-10-9-28-17)23-24-16-12-19-20(31-14-30-19)13-21(16)32-23;/h5-6,11-13H,3-4,7-10,14H2,1-2H3;1H/p-1. The van der Waals surface area contributed by atoms with E-state index >= 15 is 0 Å². The van der Waals surface area contributed by atoms with E-state index in [2.05, 4.69) is 18.7 Å². The lowest BCUT2D eigenvalue weighted by atomic mass is 10.1. The van der Waals surface area contributed by atoms with Crippen molar-refractivity contribution in [2.75, 3.05) is 51.1 Å². The van der Waals surface area contributed by atoms with E-state index in [0.29, 0.717) is 53.5 Å². The number of thiazole rings is 1. The Balaban J connectivity index is 0.00000259. The largest absolute Gasteiger partial charge is 1.00 e. The number of rotatable bonds is 7. The number of anilines is 1. The fourth-order valence-corrected chi connectivity index (χ4v) is 4.82. The van der Waals surface area contributed by atoms with Crippen LogP contribution in [-0.2, 0) is 0 Å². The summed E-state index contributed by atoms with van der Waals surface area (Å²) in [5.41, 5.74) is 1.33. The summed E-state index contributed by atoms with van der Waals surface area (Å²) in [4.78, 5) is 22.4. The summed E-state index contributed by atoms with van der Waals surface area (Å²) in [5, 5.41) is 0.649. The highest BCUT2D eigenvalue weighted by Crippen LogP contribution is 2.40. The van der Waals surface area contributed by atoms with E-state index in [0.717, 1.165) is 29.9 Å². The molecule has 0 radical (unpaired) electrons. The third kappa shape index (κ3) is 4.66. The van der Waals surface area contributed by atoms with Crippen molar-refractivity contribution in [1.29, 1.82) is 0 Å². The van der Waals surface area contributed by atoms with Crippen molar-refractivity contribution in [3.05, 3.63) is 35.9 Å². The van der Waals surface area contributed by atoms with Gasteiger partial charge in [0.1, 0.15) is 13.2 Å². The molecule has 0 unspecified atom stereocenters. The van der Waals surface area contributed by atoms with Crippen LogP contribution in [0.15, 0.2) is 30.3 Å². The van der Waals surface area contributed by atoms with Gasteiger partial charge in [0.2, 0.25) is 6.79 Å². The fourth-order valence-electron chi connectivity index (χ4n) is 3.82. The van der Waals surface area contributed by atoms with Crippen LogP contribution in [0.25, 0.3) is 10.2 Å². The second-order valence-electron chi connectivity index (χ2n) is 7.51. The Hall–Kier alpha value is -2.75. The number of ether oxygens (including phenoxy) is 4. The monoisotopic (exact) mass is 490 g/mol. The van der Waals surface area contributed by atoms with Gasteiger partial charge in [-0.3, -0.25) is 9.69 Å². The average molecular weight is 491 g/mol. The predicted molar refractivity (Wildman–Crippen MR) is 123 cm³/mol. The zero-order chi connectivity index (χ0) is 22.1. The van der Waals surface area contributed by atoms with Gasteiger partial charge in [0.05, 0.1) is 10.2 Å². The van der Waals surface area contributed by atoms with Gasteiger partial charge in [-0.1, -0.05) is 25.2 Å². The van der Waals surface area contributed by atoms with Crippen molar-refractivity contribution in [3.8, 4) is 23.0 Å². The molecular formula is C23H25ClN3O5S-. The van der Waals surface area contributed by atoms with E-state index in [1.165, 1.54) is 11.3 Å². The number of hydrogen-bond acceptors (Lipinski definition) is 8. The summed E-state index contributed by atoms with van der Waals surface area (Å²) < 4.78 is 23.2. The number of aromatic nitrogens is 1. The third-order valence-electron chi connectivity index (χ3n) is 5.67. The van der Waals surface area contributed by atoms with E-state index < -0.39 is 0 Å². The number of amides is 1. The molecule has 0 N–H and O–H groups in total. The molecule has 0 fully saturated rings. The molecule has 0 atom stereocenters. The van der Waals surface area contributed by atoms with Crippen molar-refractivity contribution >= 4 is 32.6 Å². The fraction of sp³-hybridized carbons (Fsp3) is 0.391. The number of benzene rings is 2. The molecule has 2 aromatic carbocycles. The van der Waals surface area contributed by atoms with Gasteiger partial charge in [0.15, 0.2) is 28.1 Å². The van der Waals surface area contributed by atoms with Crippen molar-refractivity contribution in [2.24, 2.45) is 0 Å². The maximum absolute atomic E-state index is 13.6. The third-order valence-corrected chi connectivity index (χ3v) is 6.71. The van der Waals surface area contributed by atoms with Crippen molar-refractivity contribution < 1.29 is 36.1 Å². The molecule has 10 heteroatoms. The SMILES string of the molecule is CCN(CC)CCN(C(=O)c1ccc2c(c1)OCCO2)c1nc2cc3c(cc2s1)OCO3.[Cl-]. The Labute approximate surface area is 202 Å². The molecule has 0 saturated heterocycles. The minimum Gasteiger partial charge on any atom is -1.00 e. The Morgan fingerprint density at radius 2 is 1.64 bits per heavy atom. The van der Waals surface area contributed by atoms with E-state index in [1.54, 1.807) is 23.1 Å². The molecule has 3 heterocycles. The van der Waals surface area contributed by atoms with Gasteiger partial charge < -0.3 is 36.3 Å². The van der Waals surface area contributed by atoms with Crippen molar-refractivity contribution in [3.63, 3.8) is 0 Å². The van der Waals surface area contributed by atoms with Crippen LogP contribution in [0.5, 0.6) is 23.0 Å². The summed E-state index contributed by atoms with van der Waals surface area (Å²) in [5.74, 6) is 2.54. The number of hydrogen-bond donors (Lipinski definition) is 0. The number of carbonyl (C=O) groups excluding carboxylic acids is 1. The second kappa shape index (κ2) is 10.0. The molecule has 2 aliphatic rings. The maximum atomic E-state index is 13.6. The molecule has 33 heavy (non-hydrogen) atoms. The van der Waals surface area contributed by atoms with Crippen molar-refractivity contribution in [2.45, 2.75) is 13.8 Å². The zero-order valence-corrected chi connectivity index (χ0v) is 20.1. The molecule has 8 nitrogen and oxygen atoms in total. The first-order valence-corrected chi connectivity index (χ1v) is 11.6. The lowest BCUT2D eigenvalue weighted by Gasteiger charge is -2.25. The van der Waals surface area contributed by atoms with Crippen LogP contribution in [0.3, 0.4) is 0 Å².